The van der Waals surface area contributed by atoms with E-state index < -0.39 is 5.60 Å². The summed E-state index contributed by atoms with van der Waals surface area (Å²) in [6, 6.07) is 0. The van der Waals surface area contributed by atoms with Gasteiger partial charge in [-0.3, -0.25) is 4.99 Å². The average molecular weight is 526 g/mol. The molecule has 0 aromatic carbocycles. The van der Waals surface area contributed by atoms with E-state index in [4.69, 9.17) is 14.2 Å². The summed E-state index contributed by atoms with van der Waals surface area (Å²) in [4.78, 5) is 18.3. The Morgan fingerprint density at radius 2 is 1.90 bits per heavy atom. The van der Waals surface area contributed by atoms with E-state index in [-0.39, 0.29) is 41.6 Å². The van der Waals surface area contributed by atoms with Gasteiger partial charge in [0.05, 0.1) is 19.3 Å². The molecule has 2 aliphatic heterocycles. The second kappa shape index (κ2) is 12.1. The first-order valence-corrected chi connectivity index (χ1v) is 10.3. The van der Waals surface area contributed by atoms with Gasteiger partial charge < -0.3 is 29.7 Å². The smallest absolute Gasteiger partial charge is 0.407 e. The molecule has 9 heteroatoms. The molecular formula is C20H39IN4O4. The normalized spacial score (nSPS) is 19.8. The summed E-state index contributed by atoms with van der Waals surface area (Å²) >= 11 is 0. The number of guanidine groups is 1. The molecule has 0 saturated carbocycles. The van der Waals surface area contributed by atoms with E-state index in [2.05, 4.69) is 27.4 Å². The highest BCUT2D eigenvalue weighted by molar-refractivity contribution is 14.0. The van der Waals surface area contributed by atoms with Gasteiger partial charge in [0.2, 0.25) is 0 Å². The molecular weight excluding hydrogens is 487 g/mol. The highest BCUT2D eigenvalue weighted by atomic mass is 127. The van der Waals surface area contributed by atoms with Crippen LogP contribution in [-0.2, 0) is 14.2 Å². The van der Waals surface area contributed by atoms with Crippen LogP contribution in [0.2, 0.25) is 0 Å². The van der Waals surface area contributed by atoms with Crippen LogP contribution in [0.5, 0.6) is 0 Å². The number of ether oxygens (including phenoxy) is 3. The molecule has 0 atom stereocenters. The maximum absolute atomic E-state index is 11.6. The van der Waals surface area contributed by atoms with Crippen molar-refractivity contribution in [2.24, 2.45) is 10.4 Å². The Bertz CT molecular complexity index is 527. The number of hydrogen-bond donors (Lipinski definition) is 2. The number of alkyl carbamates (subject to hydrolysis) is 1. The first kappa shape index (κ1) is 26.2. The van der Waals surface area contributed by atoms with Crippen LogP contribution < -0.4 is 10.6 Å². The highest BCUT2D eigenvalue weighted by Crippen LogP contribution is 2.25. The Morgan fingerprint density at radius 1 is 1.24 bits per heavy atom. The SMILES string of the molecule is CN=C(NCC1(C)COC1)N1CCC(OCCCNC(=O)OC(C)(C)C)CC1.I. The van der Waals surface area contributed by atoms with E-state index >= 15 is 0 Å². The predicted octanol–water partition coefficient (Wildman–Crippen LogP) is 2.61. The van der Waals surface area contributed by atoms with Gasteiger partial charge in [-0.25, -0.2) is 4.79 Å². The minimum absolute atomic E-state index is 0. The molecule has 0 bridgehead atoms. The lowest BCUT2D eigenvalue weighted by Crippen LogP contribution is -2.53. The summed E-state index contributed by atoms with van der Waals surface area (Å²) < 4.78 is 16.5. The van der Waals surface area contributed by atoms with Gasteiger partial charge in [0.15, 0.2) is 5.96 Å². The van der Waals surface area contributed by atoms with Crippen molar-refractivity contribution in [2.75, 3.05) is 53.0 Å². The van der Waals surface area contributed by atoms with Gasteiger partial charge in [-0.15, -0.1) is 24.0 Å². The van der Waals surface area contributed by atoms with Crippen LogP contribution in [0.1, 0.15) is 47.0 Å². The number of hydrogen-bond acceptors (Lipinski definition) is 5. The van der Waals surface area contributed by atoms with Crippen molar-refractivity contribution in [1.29, 1.82) is 0 Å². The zero-order valence-electron chi connectivity index (χ0n) is 18.6. The summed E-state index contributed by atoms with van der Waals surface area (Å²) in [6.45, 7) is 13.4. The van der Waals surface area contributed by atoms with Crippen LogP contribution in [0.25, 0.3) is 0 Å². The number of aliphatic imine (C=N–C) groups is 1. The lowest BCUT2D eigenvalue weighted by atomic mass is 9.89. The number of nitrogens with zero attached hydrogens (tertiary/aromatic N) is 2. The second-order valence-corrected chi connectivity index (χ2v) is 9.04. The van der Waals surface area contributed by atoms with Crippen molar-refractivity contribution in [3.05, 3.63) is 0 Å². The first-order valence-electron chi connectivity index (χ1n) is 10.3. The summed E-state index contributed by atoms with van der Waals surface area (Å²) in [5.41, 5.74) is -0.238. The maximum atomic E-state index is 11.6. The third kappa shape index (κ3) is 9.69. The zero-order chi connectivity index (χ0) is 20.6. The largest absolute Gasteiger partial charge is 0.444 e. The van der Waals surface area contributed by atoms with Crippen molar-refractivity contribution in [3.8, 4) is 0 Å². The monoisotopic (exact) mass is 526 g/mol. The van der Waals surface area contributed by atoms with E-state index in [1.54, 1.807) is 0 Å². The molecule has 1 amide bonds. The van der Waals surface area contributed by atoms with Crippen molar-refractivity contribution in [3.63, 3.8) is 0 Å². The number of carbonyl (C=O) groups excluding carboxylic acids is 1. The predicted molar refractivity (Wildman–Crippen MR) is 125 cm³/mol. The number of amides is 1. The van der Waals surface area contributed by atoms with Gasteiger partial charge in [-0.2, -0.15) is 0 Å². The third-order valence-corrected chi connectivity index (χ3v) is 4.87. The molecule has 8 nitrogen and oxygen atoms in total. The second-order valence-electron chi connectivity index (χ2n) is 9.04. The van der Waals surface area contributed by atoms with Crippen molar-refractivity contribution in [1.82, 2.24) is 15.5 Å². The number of halogens is 1. The molecule has 170 valence electrons. The van der Waals surface area contributed by atoms with Gasteiger partial charge in [-0.1, -0.05) is 6.92 Å². The van der Waals surface area contributed by atoms with Gasteiger partial charge in [0.1, 0.15) is 5.60 Å². The fraction of sp³-hybridized carbons (Fsp3) is 0.900. The van der Waals surface area contributed by atoms with Crippen LogP contribution in [0, 0.1) is 5.41 Å². The minimum Gasteiger partial charge on any atom is -0.444 e. The maximum Gasteiger partial charge on any atom is 0.407 e. The average Bonchev–Trinajstić information content (AvgIpc) is 2.60. The third-order valence-electron chi connectivity index (χ3n) is 4.87. The number of piperidine rings is 1. The Labute approximate surface area is 192 Å². The van der Waals surface area contributed by atoms with Crippen LogP contribution in [0.3, 0.4) is 0 Å². The molecule has 0 aromatic heterocycles. The van der Waals surface area contributed by atoms with Gasteiger partial charge in [-0.05, 0) is 40.0 Å². The minimum atomic E-state index is -0.465. The molecule has 29 heavy (non-hydrogen) atoms. The fourth-order valence-electron chi connectivity index (χ4n) is 3.24. The number of nitrogens with one attached hydrogen (secondary N) is 2. The number of rotatable bonds is 7. The summed E-state index contributed by atoms with van der Waals surface area (Å²) in [7, 11) is 1.84. The van der Waals surface area contributed by atoms with E-state index in [9.17, 15) is 4.79 Å². The molecule has 2 N–H and O–H groups in total. The summed E-state index contributed by atoms with van der Waals surface area (Å²) in [5, 5.41) is 6.25. The van der Waals surface area contributed by atoms with E-state index in [1.807, 2.05) is 27.8 Å². The Morgan fingerprint density at radius 3 is 2.41 bits per heavy atom. The molecule has 0 aliphatic carbocycles. The fourth-order valence-corrected chi connectivity index (χ4v) is 3.24. The van der Waals surface area contributed by atoms with Crippen molar-refractivity contribution in [2.45, 2.75) is 58.7 Å². The molecule has 2 aliphatic rings. The molecule has 0 aromatic rings. The Hall–Kier alpha value is -0.810. The van der Waals surface area contributed by atoms with Crippen LogP contribution in [0.15, 0.2) is 4.99 Å². The number of carbonyl (C=O) groups is 1. The lowest BCUT2D eigenvalue weighted by molar-refractivity contribution is -0.0973. The summed E-state index contributed by atoms with van der Waals surface area (Å²) in [5.74, 6) is 0.966. The topological polar surface area (TPSA) is 84.4 Å². The van der Waals surface area contributed by atoms with Gasteiger partial charge in [0, 0.05) is 45.2 Å². The molecule has 2 heterocycles. The van der Waals surface area contributed by atoms with Crippen LogP contribution in [-0.4, -0.2) is 81.7 Å². The molecule has 0 spiro atoms. The molecule has 2 rings (SSSR count). The quantitative estimate of drug-likeness (QED) is 0.230. The molecule has 2 saturated heterocycles. The molecule has 0 radical (unpaired) electrons. The molecule has 0 unspecified atom stereocenters. The Kier molecular flexibility index (Phi) is 11.0. The first-order chi connectivity index (χ1) is 13.2. The highest BCUT2D eigenvalue weighted by Gasteiger charge is 2.34. The Balaban J connectivity index is 0.00000420. The van der Waals surface area contributed by atoms with Crippen LogP contribution >= 0.6 is 24.0 Å². The number of likely N-dealkylation sites (tertiary alicyclic amines) is 1. The van der Waals surface area contributed by atoms with E-state index in [0.717, 1.165) is 58.1 Å². The molecule has 2 fully saturated rings. The van der Waals surface area contributed by atoms with Crippen molar-refractivity contribution < 1.29 is 19.0 Å². The van der Waals surface area contributed by atoms with Crippen LogP contribution in [0.4, 0.5) is 4.79 Å². The zero-order valence-corrected chi connectivity index (χ0v) is 20.9. The van der Waals surface area contributed by atoms with Gasteiger partial charge >= 0.3 is 6.09 Å². The summed E-state index contributed by atoms with van der Waals surface area (Å²) in [6.07, 6.45) is 2.65. The van der Waals surface area contributed by atoms with Crippen molar-refractivity contribution >= 4 is 36.0 Å². The standard InChI is InChI=1S/C20H38N4O4.HI/c1-19(2,3)28-18(25)22-9-6-12-27-16-7-10-24(11-8-16)17(21-5)23-13-20(4)14-26-15-20;/h16H,6-15H2,1-5H3,(H,21,23)(H,22,25);1H. The van der Waals surface area contributed by atoms with E-state index in [0.29, 0.717) is 13.2 Å². The van der Waals surface area contributed by atoms with E-state index in [1.165, 1.54) is 0 Å². The van der Waals surface area contributed by atoms with Gasteiger partial charge in [0.25, 0.3) is 0 Å². The lowest BCUT2D eigenvalue weighted by Gasteiger charge is -2.40.